The molecular weight excluding hydrogens is 364 g/mol. The molecule has 94 valence electrons. The van der Waals surface area contributed by atoms with Gasteiger partial charge in [0.1, 0.15) is 5.69 Å². The number of pyridine rings is 1. The first-order chi connectivity index (χ1) is 7.66. The molecular formula is C8H3F5INO2. The van der Waals surface area contributed by atoms with Gasteiger partial charge in [0.05, 0.1) is 11.1 Å². The molecule has 1 aromatic heterocycles. The molecule has 0 aliphatic carbocycles. The quantitative estimate of drug-likeness (QED) is 0.645. The molecule has 1 aromatic rings. The van der Waals surface area contributed by atoms with Gasteiger partial charge in [-0.05, 0) is 22.6 Å². The van der Waals surface area contributed by atoms with Crippen LogP contribution in [-0.4, -0.2) is 16.1 Å². The molecule has 17 heavy (non-hydrogen) atoms. The van der Waals surface area contributed by atoms with Gasteiger partial charge in [0.15, 0.2) is 0 Å². The van der Waals surface area contributed by atoms with Crippen molar-refractivity contribution in [3.05, 3.63) is 26.6 Å². The molecule has 0 amide bonds. The molecule has 0 aliphatic rings. The normalized spacial score (nSPS) is 11.9. The Morgan fingerprint density at radius 3 is 2.29 bits per heavy atom. The van der Waals surface area contributed by atoms with Gasteiger partial charge in [-0.25, -0.2) is 13.6 Å². The second kappa shape index (κ2) is 4.70. The van der Waals surface area contributed by atoms with Crippen molar-refractivity contribution in [2.24, 2.45) is 0 Å². The third-order valence-electron chi connectivity index (χ3n) is 1.77. The van der Waals surface area contributed by atoms with Gasteiger partial charge in [-0.15, -0.1) is 0 Å². The number of aromatic carboxylic acids is 1. The van der Waals surface area contributed by atoms with Crippen LogP contribution in [0.3, 0.4) is 0 Å². The predicted molar refractivity (Wildman–Crippen MR) is 53.9 cm³/mol. The molecule has 0 radical (unpaired) electrons. The van der Waals surface area contributed by atoms with E-state index >= 15 is 0 Å². The number of hydrogen-bond donors (Lipinski definition) is 1. The fourth-order valence-corrected chi connectivity index (χ4v) is 1.80. The molecule has 0 unspecified atom stereocenters. The van der Waals surface area contributed by atoms with Crippen LogP contribution in [0.25, 0.3) is 0 Å². The van der Waals surface area contributed by atoms with Crippen molar-refractivity contribution in [1.29, 1.82) is 0 Å². The molecule has 0 saturated carbocycles. The maximum absolute atomic E-state index is 12.6. The van der Waals surface area contributed by atoms with Crippen molar-refractivity contribution in [2.75, 3.05) is 0 Å². The number of carboxylic acids is 1. The van der Waals surface area contributed by atoms with E-state index in [1.165, 1.54) is 22.6 Å². The lowest BCUT2D eigenvalue weighted by atomic mass is 10.1. The zero-order chi connectivity index (χ0) is 13.4. The van der Waals surface area contributed by atoms with Crippen LogP contribution in [0.2, 0.25) is 0 Å². The third-order valence-corrected chi connectivity index (χ3v) is 2.58. The Bertz CT molecular complexity index is 460. The van der Waals surface area contributed by atoms with E-state index in [0.29, 0.717) is 6.20 Å². The van der Waals surface area contributed by atoms with Gasteiger partial charge in [0, 0.05) is 9.77 Å². The lowest BCUT2D eigenvalue weighted by Crippen LogP contribution is -2.19. The second-order valence-electron chi connectivity index (χ2n) is 2.84. The number of rotatable bonds is 2. The van der Waals surface area contributed by atoms with E-state index in [-0.39, 0.29) is 3.57 Å². The predicted octanol–water partition coefficient (Wildman–Crippen LogP) is 3.34. The standard InChI is InChI=1S/C8H3F5INO2/c9-6(10)5-4(8(11,12)13)3(7(16)17)2(14)1-15-5/h1,6H,(H,16,17). The van der Waals surface area contributed by atoms with Gasteiger partial charge in [-0.1, -0.05) is 0 Å². The van der Waals surface area contributed by atoms with E-state index < -0.39 is 35.4 Å². The highest BCUT2D eigenvalue weighted by molar-refractivity contribution is 14.1. The van der Waals surface area contributed by atoms with Crippen molar-refractivity contribution in [3.8, 4) is 0 Å². The molecule has 1 heterocycles. The van der Waals surface area contributed by atoms with Crippen molar-refractivity contribution in [2.45, 2.75) is 12.6 Å². The zero-order valence-corrected chi connectivity index (χ0v) is 9.88. The van der Waals surface area contributed by atoms with Crippen molar-refractivity contribution in [3.63, 3.8) is 0 Å². The molecule has 1 N–H and O–H groups in total. The average Bonchev–Trinajstić information content (AvgIpc) is 2.14. The van der Waals surface area contributed by atoms with Gasteiger partial charge in [-0.2, -0.15) is 13.2 Å². The summed E-state index contributed by atoms with van der Waals surface area (Å²) in [5, 5.41) is 8.64. The van der Waals surface area contributed by atoms with Gasteiger partial charge in [0.25, 0.3) is 6.43 Å². The van der Waals surface area contributed by atoms with Gasteiger partial charge in [0.2, 0.25) is 0 Å². The number of carbonyl (C=O) groups is 1. The SMILES string of the molecule is O=C(O)c1c(I)cnc(C(F)F)c1C(F)(F)F. The van der Waals surface area contributed by atoms with E-state index in [2.05, 4.69) is 4.98 Å². The van der Waals surface area contributed by atoms with Gasteiger partial charge >= 0.3 is 12.1 Å². The summed E-state index contributed by atoms with van der Waals surface area (Å²) in [6.45, 7) is 0. The minimum absolute atomic E-state index is 0.355. The van der Waals surface area contributed by atoms with Crippen LogP contribution in [0.5, 0.6) is 0 Å². The lowest BCUT2D eigenvalue weighted by Gasteiger charge is -2.15. The minimum atomic E-state index is -5.20. The Morgan fingerprint density at radius 2 is 1.94 bits per heavy atom. The molecule has 0 aliphatic heterocycles. The monoisotopic (exact) mass is 367 g/mol. The summed E-state index contributed by atoms with van der Waals surface area (Å²) < 4.78 is 62.1. The molecule has 0 fully saturated rings. The summed E-state index contributed by atoms with van der Waals surface area (Å²) in [5.74, 6) is -1.92. The first-order valence-corrected chi connectivity index (χ1v) is 5.01. The van der Waals surface area contributed by atoms with Crippen LogP contribution < -0.4 is 0 Å². The molecule has 1 rings (SSSR count). The maximum Gasteiger partial charge on any atom is 0.419 e. The number of aromatic nitrogens is 1. The summed E-state index contributed by atoms with van der Waals surface area (Å²) in [7, 11) is 0. The molecule has 0 saturated heterocycles. The molecule has 0 aromatic carbocycles. The summed E-state index contributed by atoms with van der Waals surface area (Å²) in [5.41, 5.74) is -4.68. The summed E-state index contributed by atoms with van der Waals surface area (Å²) in [6, 6.07) is 0. The van der Waals surface area contributed by atoms with E-state index in [1.807, 2.05) is 0 Å². The Labute approximate surface area is 105 Å². The van der Waals surface area contributed by atoms with Gasteiger partial charge < -0.3 is 5.11 Å². The molecule has 0 spiro atoms. The van der Waals surface area contributed by atoms with Crippen LogP contribution in [0.4, 0.5) is 22.0 Å². The smallest absolute Gasteiger partial charge is 0.419 e. The first-order valence-electron chi connectivity index (χ1n) is 3.93. The molecule has 3 nitrogen and oxygen atoms in total. The number of halogens is 6. The summed E-state index contributed by atoms with van der Waals surface area (Å²) in [4.78, 5) is 13.6. The van der Waals surface area contributed by atoms with E-state index in [9.17, 15) is 26.7 Å². The average molecular weight is 367 g/mol. The topological polar surface area (TPSA) is 50.2 Å². The fraction of sp³-hybridized carbons (Fsp3) is 0.250. The number of nitrogens with zero attached hydrogens (tertiary/aromatic N) is 1. The van der Waals surface area contributed by atoms with E-state index in [1.54, 1.807) is 0 Å². The Hall–Kier alpha value is -1.00. The molecule has 0 atom stereocenters. The van der Waals surface area contributed by atoms with Crippen LogP contribution >= 0.6 is 22.6 Å². The van der Waals surface area contributed by atoms with Crippen LogP contribution in [0.15, 0.2) is 6.20 Å². The minimum Gasteiger partial charge on any atom is -0.478 e. The lowest BCUT2D eigenvalue weighted by molar-refractivity contribution is -0.140. The van der Waals surface area contributed by atoms with Crippen LogP contribution in [0.1, 0.15) is 28.0 Å². The van der Waals surface area contributed by atoms with E-state index in [4.69, 9.17) is 5.11 Å². The molecule has 9 heteroatoms. The Kier molecular flexibility index (Phi) is 3.89. The first kappa shape index (κ1) is 14.1. The van der Waals surface area contributed by atoms with Crippen molar-refractivity contribution in [1.82, 2.24) is 4.98 Å². The second-order valence-corrected chi connectivity index (χ2v) is 4.01. The van der Waals surface area contributed by atoms with Crippen LogP contribution in [-0.2, 0) is 6.18 Å². The number of hydrogen-bond acceptors (Lipinski definition) is 2. The number of carboxylic acid groups (broad SMARTS) is 1. The third kappa shape index (κ3) is 2.82. The van der Waals surface area contributed by atoms with Gasteiger partial charge in [-0.3, -0.25) is 4.98 Å². The van der Waals surface area contributed by atoms with Crippen molar-refractivity contribution >= 4 is 28.6 Å². The highest BCUT2D eigenvalue weighted by Gasteiger charge is 2.42. The van der Waals surface area contributed by atoms with Crippen molar-refractivity contribution < 1.29 is 31.9 Å². The largest absolute Gasteiger partial charge is 0.478 e. The Morgan fingerprint density at radius 1 is 1.41 bits per heavy atom. The highest BCUT2D eigenvalue weighted by atomic mass is 127. The summed E-state index contributed by atoms with van der Waals surface area (Å²) >= 11 is 1.29. The maximum atomic E-state index is 12.6. The van der Waals surface area contributed by atoms with E-state index in [0.717, 1.165) is 0 Å². The summed E-state index contributed by atoms with van der Waals surface area (Å²) in [6.07, 6.45) is -8.03. The molecule has 0 bridgehead atoms. The van der Waals surface area contributed by atoms with Crippen LogP contribution in [0, 0.1) is 3.57 Å². The fourth-order valence-electron chi connectivity index (χ4n) is 1.16. The highest BCUT2D eigenvalue weighted by Crippen LogP contribution is 2.38. The zero-order valence-electron chi connectivity index (χ0n) is 7.73. The Balaban J connectivity index is 3.68. The number of alkyl halides is 5.